The summed E-state index contributed by atoms with van der Waals surface area (Å²) in [6, 6.07) is 12.6. The van der Waals surface area contributed by atoms with E-state index < -0.39 is 17.5 Å². The fraction of sp³-hybridized carbons (Fsp3) is 0.125. The second kappa shape index (κ2) is 6.51. The number of ketones is 1. The number of halogens is 2. The van der Waals surface area contributed by atoms with Crippen molar-refractivity contribution in [3.05, 3.63) is 63.9 Å². The highest BCUT2D eigenvalue weighted by molar-refractivity contribution is 9.10. The van der Waals surface area contributed by atoms with Gasteiger partial charge in [0.25, 0.3) is 0 Å². The second-order valence-corrected chi connectivity index (χ2v) is 5.24. The van der Waals surface area contributed by atoms with E-state index in [-0.39, 0.29) is 5.56 Å². The van der Waals surface area contributed by atoms with Crippen LogP contribution in [0.1, 0.15) is 21.8 Å². The first kappa shape index (κ1) is 15.2. The van der Waals surface area contributed by atoms with E-state index in [1.807, 2.05) is 6.07 Å². The number of nitrogens with zero attached hydrogens (tertiary/aromatic N) is 1. The molecule has 2 aromatic carbocycles. The van der Waals surface area contributed by atoms with E-state index in [9.17, 15) is 14.4 Å². The zero-order valence-electron chi connectivity index (χ0n) is 11.1. The average molecular weight is 348 g/mol. The Morgan fingerprint density at radius 1 is 1.29 bits per heavy atom. The number of carbonyl (C=O) groups excluding carboxylic acids is 1. The Hall–Kier alpha value is -2.19. The number of ether oxygens (including phenoxy) is 1. The largest absolute Gasteiger partial charge is 0.497 e. The van der Waals surface area contributed by atoms with Crippen LogP contribution in [0.5, 0.6) is 5.75 Å². The van der Waals surface area contributed by atoms with Gasteiger partial charge in [0.2, 0.25) is 0 Å². The summed E-state index contributed by atoms with van der Waals surface area (Å²) in [4.78, 5) is 12.4. The minimum atomic E-state index is -1.05. The summed E-state index contributed by atoms with van der Waals surface area (Å²) in [5.41, 5.74) is 0.409. The molecule has 2 aromatic rings. The van der Waals surface area contributed by atoms with E-state index in [1.54, 1.807) is 30.3 Å². The SMILES string of the molecule is COc1ccc(C(C#N)C(=O)c2ccc(Br)cc2F)cc1. The van der Waals surface area contributed by atoms with Gasteiger partial charge in [-0.25, -0.2) is 4.39 Å². The van der Waals surface area contributed by atoms with Crippen molar-refractivity contribution in [1.29, 1.82) is 5.26 Å². The molecule has 21 heavy (non-hydrogen) atoms. The third-order valence-electron chi connectivity index (χ3n) is 3.04. The molecule has 0 heterocycles. The van der Waals surface area contributed by atoms with Gasteiger partial charge in [0.1, 0.15) is 17.5 Å². The maximum absolute atomic E-state index is 13.9. The molecule has 0 radical (unpaired) electrons. The smallest absolute Gasteiger partial charge is 0.187 e. The van der Waals surface area contributed by atoms with Gasteiger partial charge in [-0.05, 0) is 35.9 Å². The minimum Gasteiger partial charge on any atom is -0.497 e. The molecular weight excluding hydrogens is 337 g/mol. The molecule has 0 amide bonds. The lowest BCUT2D eigenvalue weighted by Gasteiger charge is -2.10. The van der Waals surface area contributed by atoms with Crippen LogP contribution in [0.4, 0.5) is 4.39 Å². The lowest BCUT2D eigenvalue weighted by molar-refractivity contribution is 0.0975. The van der Waals surface area contributed by atoms with Crippen molar-refractivity contribution in [2.24, 2.45) is 0 Å². The maximum atomic E-state index is 13.9. The first-order chi connectivity index (χ1) is 10.1. The molecule has 0 spiro atoms. The van der Waals surface area contributed by atoms with E-state index in [0.717, 1.165) is 0 Å². The maximum Gasteiger partial charge on any atom is 0.187 e. The predicted molar refractivity (Wildman–Crippen MR) is 79.8 cm³/mol. The monoisotopic (exact) mass is 347 g/mol. The standard InChI is InChI=1S/C16H11BrFNO2/c1-21-12-5-2-10(3-6-12)14(9-19)16(20)13-7-4-11(17)8-15(13)18/h2-8,14H,1H3. The topological polar surface area (TPSA) is 50.1 Å². The summed E-state index contributed by atoms with van der Waals surface area (Å²) < 4.78 is 19.4. The van der Waals surface area contributed by atoms with Crippen molar-refractivity contribution in [2.75, 3.05) is 7.11 Å². The van der Waals surface area contributed by atoms with E-state index >= 15 is 0 Å². The van der Waals surface area contributed by atoms with Crippen LogP contribution in [-0.4, -0.2) is 12.9 Å². The summed E-state index contributed by atoms with van der Waals surface area (Å²) in [5, 5.41) is 9.25. The molecule has 0 aliphatic rings. The van der Waals surface area contributed by atoms with Gasteiger partial charge in [-0.2, -0.15) is 5.26 Å². The van der Waals surface area contributed by atoms with E-state index in [1.165, 1.54) is 19.2 Å². The summed E-state index contributed by atoms with van der Waals surface area (Å²) in [7, 11) is 1.53. The predicted octanol–water partition coefficient (Wildman–Crippen LogP) is 4.09. The van der Waals surface area contributed by atoms with Crippen molar-refractivity contribution in [2.45, 2.75) is 5.92 Å². The quantitative estimate of drug-likeness (QED) is 0.782. The van der Waals surface area contributed by atoms with Crippen LogP contribution in [0.2, 0.25) is 0 Å². The van der Waals surface area contributed by atoms with Gasteiger partial charge in [0, 0.05) is 4.47 Å². The van der Waals surface area contributed by atoms with Gasteiger partial charge in [-0.15, -0.1) is 0 Å². The third kappa shape index (κ3) is 3.29. The average Bonchev–Trinajstić information content (AvgIpc) is 2.48. The molecule has 0 bridgehead atoms. The number of Topliss-reactive ketones (excluding diaryl/α,β-unsaturated/α-hetero) is 1. The number of carbonyl (C=O) groups is 1. The van der Waals surface area contributed by atoms with E-state index in [2.05, 4.69) is 15.9 Å². The second-order valence-electron chi connectivity index (χ2n) is 4.32. The Kier molecular flexibility index (Phi) is 4.71. The van der Waals surface area contributed by atoms with Crippen molar-refractivity contribution < 1.29 is 13.9 Å². The van der Waals surface area contributed by atoms with Gasteiger partial charge < -0.3 is 4.74 Å². The van der Waals surface area contributed by atoms with Crippen molar-refractivity contribution >= 4 is 21.7 Å². The van der Waals surface area contributed by atoms with Crippen LogP contribution >= 0.6 is 15.9 Å². The molecule has 0 aromatic heterocycles. The molecule has 5 heteroatoms. The number of methoxy groups -OCH3 is 1. The summed E-state index contributed by atoms with van der Waals surface area (Å²) in [6.07, 6.45) is 0. The van der Waals surface area contributed by atoms with Gasteiger partial charge in [0.05, 0.1) is 18.7 Å². The number of benzene rings is 2. The summed E-state index contributed by atoms with van der Waals surface area (Å²) >= 11 is 3.13. The Morgan fingerprint density at radius 2 is 1.95 bits per heavy atom. The van der Waals surface area contributed by atoms with Crippen LogP contribution in [0.15, 0.2) is 46.9 Å². The van der Waals surface area contributed by atoms with Crippen LogP contribution in [0, 0.1) is 17.1 Å². The number of hydrogen-bond acceptors (Lipinski definition) is 3. The van der Waals surface area contributed by atoms with Gasteiger partial charge in [-0.1, -0.05) is 28.1 Å². The van der Waals surface area contributed by atoms with Crippen LogP contribution < -0.4 is 4.74 Å². The molecule has 0 N–H and O–H groups in total. The lowest BCUT2D eigenvalue weighted by Crippen LogP contribution is -2.13. The summed E-state index contributed by atoms with van der Waals surface area (Å²) in [6.45, 7) is 0. The normalized spacial score (nSPS) is 11.5. The van der Waals surface area contributed by atoms with Gasteiger partial charge >= 0.3 is 0 Å². The zero-order chi connectivity index (χ0) is 15.4. The molecule has 0 fully saturated rings. The third-order valence-corrected chi connectivity index (χ3v) is 3.53. The van der Waals surface area contributed by atoms with Crippen molar-refractivity contribution in [1.82, 2.24) is 0 Å². The molecule has 0 aliphatic heterocycles. The zero-order valence-corrected chi connectivity index (χ0v) is 12.7. The Bertz CT molecular complexity index is 707. The lowest BCUT2D eigenvalue weighted by atomic mass is 9.91. The Balaban J connectivity index is 2.36. The highest BCUT2D eigenvalue weighted by Crippen LogP contribution is 2.25. The highest BCUT2D eigenvalue weighted by atomic mass is 79.9. The van der Waals surface area contributed by atoms with Crippen LogP contribution in [-0.2, 0) is 0 Å². The first-order valence-corrected chi connectivity index (χ1v) is 6.89. The molecule has 1 atom stereocenters. The van der Waals surface area contributed by atoms with Gasteiger partial charge in [-0.3, -0.25) is 4.79 Å². The fourth-order valence-electron chi connectivity index (χ4n) is 1.93. The fourth-order valence-corrected chi connectivity index (χ4v) is 2.26. The van der Waals surface area contributed by atoms with Gasteiger partial charge in [0.15, 0.2) is 5.78 Å². The molecular formula is C16H11BrFNO2. The Labute approximate surface area is 130 Å². The van der Waals surface area contributed by atoms with E-state index in [0.29, 0.717) is 15.8 Å². The van der Waals surface area contributed by atoms with Crippen LogP contribution in [0.25, 0.3) is 0 Å². The molecule has 0 aliphatic carbocycles. The number of hydrogen-bond donors (Lipinski definition) is 0. The minimum absolute atomic E-state index is 0.0967. The molecule has 106 valence electrons. The number of rotatable bonds is 4. The molecule has 1 unspecified atom stereocenters. The molecule has 0 saturated carbocycles. The Morgan fingerprint density at radius 3 is 2.48 bits per heavy atom. The molecule has 0 saturated heterocycles. The number of nitriles is 1. The van der Waals surface area contributed by atoms with E-state index in [4.69, 9.17) is 4.74 Å². The van der Waals surface area contributed by atoms with Crippen LogP contribution in [0.3, 0.4) is 0 Å². The van der Waals surface area contributed by atoms with Crippen molar-refractivity contribution in [3.63, 3.8) is 0 Å². The first-order valence-electron chi connectivity index (χ1n) is 6.09. The van der Waals surface area contributed by atoms with Crippen molar-refractivity contribution in [3.8, 4) is 11.8 Å². The molecule has 2 rings (SSSR count). The highest BCUT2D eigenvalue weighted by Gasteiger charge is 2.24. The molecule has 3 nitrogen and oxygen atoms in total. The summed E-state index contributed by atoms with van der Waals surface area (Å²) in [5.74, 6) is -1.64.